The molecular formula is C13H25N3O. The van der Waals surface area contributed by atoms with Gasteiger partial charge in [0.25, 0.3) is 0 Å². The van der Waals surface area contributed by atoms with Gasteiger partial charge in [-0.3, -0.25) is 4.79 Å². The van der Waals surface area contributed by atoms with Gasteiger partial charge in [-0.15, -0.1) is 0 Å². The first-order valence-corrected chi connectivity index (χ1v) is 7.03. The number of fused-ring (bicyclic) bond motifs is 1. The summed E-state index contributed by atoms with van der Waals surface area (Å²) in [6.45, 7) is 5.84. The van der Waals surface area contributed by atoms with E-state index in [0.717, 1.165) is 19.0 Å². The van der Waals surface area contributed by atoms with Crippen molar-refractivity contribution >= 4 is 5.91 Å². The molecule has 0 aromatic heterocycles. The van der Waals surface area contributed by atoms with Crippen molar-refractivity contribution in [3.63, 3.8) is 0 Å². The highest BCUT2D eigenvalue weighted by Gasteiger charge is 2.31. The third kappa shape index (κ3) is 3.68. The fourth-order valence-electron chi connectivity index (χ4n) is 2.97. The average Bonchev–Trinajstić information content (AvgIpc) is 2.81. The Morgan fingerprint density at radius 3 is 3.06 bits per heavy atom. The van der Waals surface area contributed by atoms with E-state index in [4.69, 9.17) is 0 Å². The first-order valence-electron chi connectivity index (χ1n) is 7.03. The molecule has 2 heterocycles. The van der Waals surface area contributed by atoms with Gasteiger partial charge in [-0.25, -0.2) is 0 Å². The number of nitrogens with one attached hydrogen (secondary N) is 2. The molecule has 2 N–H and O–H groups in total. The van der Waals surface area contributed by atoms with E-state index in [0.29, 0.717) is 12.6 Å². The molecule has 2 saturated heterocycles. The summed E-state index contributed by atoms with van der Waals surface area (Å²) in [5.41, 5.74) is 0. The summed E-state index contributed by atoms with van der Waals surface area (Å²) >= 11 is 0. The van der Waals surface area contributed by atoms with Crippen LogP contribution >= 0.6 is 0 Å². The lowest BCUT2D eigenvalue weighted by Gasteiger charge is -2.35. The molecule has 4 nitrogen and oxygen atoms in total. The van der Waals surface area contributed by atoms with E-state index in [1.165, 1.54) is 38.8 Å². The number of carbonyl (C=O) groups excluding carboxylic acids is 1. The first kappa shape index (κ1) is 12.8. The van der Waals surface area contributed by atoms with Crippen LogP contribution in [0.3, 0.4) is 0 Å². The minimum atomic E-state index is 0.140. The maximum absolute atomic E-state index is 11.5. The highest BCUT2D eigenvalue weighted by Crippen LogP contribution is 2.26. The number of rotatable bonds is 5. The molecule has 0 aliphatic carbocycles. The van der Waals surface area contributed by atoms with Crippen LogP contribution in [-0.4, -0.2) is 49.1 Å². The van der Waals surface area contributed by atoms with E-state index in [9.17, 15) is 4.79 Å². The average molecular weight is 239 g/mol. The fraction of sp³-hybridized carbons (Fsp3) is 0.923. The van der Waals surface area contributed by atoms with Gasteiger partial charge in [0, 0.05) is 18.6 Å². The van der Waals surface area contributed by atoms with Gasteiger partial charge in [0.1, 0.15) is 0 Å². The zero-order chi connectivity index (χ0) is 12.1. The molecular weight excluding hydrogens is 214 g/mol. The normalized spacial score (nSPS) is 29.0. The molecule has 2 fully saturated rings. The van der Waals surface area contributed by atoms with Crippen LogP contribution in [0.4, 0.5) is 0 Å². The van der Waals surface area contributed by atoms with Crippen LogP contribution in [0.5, 0.6) is 0 Å². The summed E-state index contributed by atoms with van der Waals surface area (Å²) in [4.78, 5) is 14.1. The van der Waals surface area contributed by atoms with Gasteiger partial charge >= 0.3 is 0 Å². The molecule has 98 valence electrons. The Kier molecular flexibility index (Phi) is 4.80. The lowest BCUT2D eigenvalue weighted by atomic mass is 9.97. The Hall–Kier alpha value is -0.610. The van der Waals surface area contributed by atoms with E-state index in [2.05, 4.69) is 22.5 Å². The maximum atomic E-state index is 11.5. The zero-order valence-electron chi connectivity index (χ0n) is 10.9. The Labute approximate surface area is 104 Å². The van der Waals surface area contributed by atoms with Gasteiger partial charge in [-0.2, -0.15) is 0 Å². The maximum Gasteiger partial charge on any atom is 0.233 e. The van der Waals surface area contributed by atoms with Gasteiger partial charge in [0.05, 0.1) is 6.54 Å². The molecule has 17 heavy (non-hydrogen) atoms. The van der Waals surface area contributed by atoms with Crippen LogP contribution in [0.2, 0.25) is 0 Å². The zero-order valence-corrected chi connectivity index (χ0v) is 10.9. The molecule has 0 spiro atoms. The minimum absolute atomic E-state index is 0.140. The van der Waals surface area contributed by atoms with Crippen molar-refractivity contribution < 1.29 is 4.79 Å². The molecule has 0 aromatic carbocycles. The second-order valence-corrected chi connectivity index (χ2v) is 5.28. The second-order valence-electron chi connectivity index (χ2n) is 5.28. The van der Waals surface area contributed by atoms with Gasteiger partial charge in [-0.05, 0) is 45.2 Å². The molecule has 1 amide bonds. The summed E-state index contributed by atoms with van der Waals surface area (Å²) in [5.74, 6) is 0.140. The molecule has 0 saturated carbocycles. The molecule has 2 rings (SSSR count). The number of amides is 1. The number of piperidine rings is 1. The molecule has 2 atom stereocenters. The third-order valence-corrected chi connectivity index (χ3v) is 3.94. The lowest BCUT2D eigenvalue weighted by Crippen LogP contribution is -2.48. The predicted octanol–water partition coefficient (Wildman–Crippen LogP) is 0.729. The first-order chi connectivity index (χ1) is 8.29. The van der Waals surface area contributed by atoms with Crippen LogP contribution < -0.4 is 10.6 Å². The number of carbonyl (C=O) groups is 1. The highest BCUT2D eigenvalue weighted by atomic mass is 16.1. The quantitative estimate of drug-likeness (QED) is 0.743. The van der Waals surface area contributed by atoms with Crippen LogP contribution in [0, 0.1) is 0 Å². The highest BCUT2D eigenvalue weighted by molar-refractivity contribution is 5.77. The fourth-order valence-corrected chi connectivity index (χ4v) is 2.97. The summed E-state index contributed by atoms with van der Waals surface area (Å²) in [5, 5.41) is 6.31. The molecule has 2 unspecified atom stereocenters. The smallest absolute Gasteiger partial charge is 0.233 e. The van der Waals surface area contributed by atoms with Gasteiger partial charge in [-0.1, -0.05) is 6.92 Å². The van der Waals surface area contributed by atoms with Crippen LogP contribution in [0.25, 0.3) is 0 Å². The van der Waals surface area contributed by atoms with E-state index in [-0.39, 0.29) is 5.91 Å². The molecule has 0 radical (unpaired) electrons. The minimum Gasteiger partial charge on any atom is -0.355 e. The standard InChI is InChI=1S/C13H25N3O/c1-2-6-14-13(17)10-15-11-5-8-16-7-3-4-12(16)9-11/h11-12,15H,2-10H2,1H3,(H,14,17). The summed E-state index contributed by atoms with van der Waals surface area (Å²) in [7, 11) is 0. The van der Waals surface area contributed by atoms with E-state index in [1.807, 2.05) is 0 Å². The van der Waals surface area contributed by atoms with Crippen molar-refractivity contribution in [2.24, 2.45) is 0 Å². The number of hydrogen-bond acceptors (Lipinski definition) is 3. The summed E-state index contributed by atoms with van der Waals surface area (Å²) in [6, 6.07) is 1.32. The van der Waals surface area contributed by atoms with Gasteiger partial charge in [0.15, 0.2) is 0 Å². The number of nitrogens with zero attached hydrogens (tertiary/aromatic N) is 1. The summed E-state index contributed by atoms with van der Waals surface area (Å²) in [6.07, 6.45) is 6.12. The van der Waals surface area contributed by atoms with Crippen molar-refractivity contribution in [3.05, 3.63) is 0 Å². The second kappa shape index (κ2) is 6.36. The van der Waals surface area contributed by atoms with E-state index < -0.39 is 0 Å². The topological polar surface area (TPSA) is 44.4 Å². The van der Waals surface area contributed by atoms with Crippen LogP contribution in [-0.2, 0) is 4.79 Å². The van der Waals surface area contributed by atoms with Crippen LogP contribution in [0.15, 0.2) is 0 Å². The van der Waals surface area contributed by atoms with Crippen molar-refractivity contribution in [2.45, 2.75) is 51.1 Å². The lowest BCUT2D eigenvalue weighted by molar-refractivity contribution is -0.120. The van der Waals surface area contributed by atoms with E-state index in [1.54, 1.807) is 0 Å². The number of hydrogen-bond donors (Lipinski definition) is 2. The molecule has 4 heteroatoms. The third-order valence-electron chi connectivity index (χ3n) is 3.94. The van der Waals surface area contributed by atoms with Crippen molar-refractivity contribution in [2.75, 3.05) is 26.2 Å². The summed E-state index contributed by atoms with van der Waals surface area (Å²) < 4.78 is 0. The molecule has 2 aliphatic heterocycles. The Morgan fingerprint density at radius 1 is 1.35 bits per heavy atom. The van der Waals surface area contributed by atoms with Crippen molar-refractivity contribution in [1.29, 1.82) is 0 Å². The Bertz CT molecular complexity index is 257. The van der Waals surface area contributed by atoms with E-state index >= 15 is 0 Å². The SMILES string of the molecule is CCCNC(=O)CNC1CCN2CCCC2C1. The monoisotopic (exact) mass is 239 g/mol. The molecule has 0 aromatic rings. The van der Waals surface area contributed by atoms with Gasteiger partial charge in [0.2, 0.25) is 5.91 Å². The van der Waals surface area contributed by atoms with Crippen molar-refractivity contribution in [1.82, 2.24) is 15.5 Å². The Balaban J connectivity index is 1.64. The predicted molar refractivity (Wildman–Crippen MR) is 68.9 cm³/mol. The van der Waals surface area contributed by atoms with Crippen molar-refractivity contribution in [3.8, 4) is 0 Å². The Morgan fingerprint density at radius 2 is 2.24 bits per heavy atom. The largest absolute Gasteiger partial charge is 0.355 e. The molecule has 2 aliphatic rings. The van der Waals surface area contributed by atoms with Crippen LogP contribution in [0.1, 0.15) is 39.0 Å². The van der Waals surface area contributed by atoms with Gasteiger partial charge < -0.3 is 15.5 Å². The molecule has 0 bridgehead atoms.